The maximum Gasteiger partial charge on any atom is 0.0657 e. The van der Waals surface area contributed by atoms with Crippen LogP contribution in [0, 0.1) is 3.57 Å². The van der Waals surface area contributed by atoms with Gasteiger partial charge in [0.15, 0.2) is 0 Å². The first-order valence-electron chi connectivity index (χ1n) is 5.19. The van der Waals surface area contributed by atoms with Crippen LogP contribution in [-0.4, -0.2) is 4.98 Å². The van der Waals surface area contributed by atoms with Crippen molar-refractivity contribution >= 4 is 28.3 Å². The number of aromatic nitrogens is 1. The fourth-order valence-corrected chi connectivity index (χ4v) is 1.86. The topological polar surface area (TPSA) is 24.9 Å². The number of halogens is 1. The van der Waals surface area contributed by atoms with Crippen molar-refractivity contribution in [3.63, 3.8) is 0 Å². The van der Waals surface area contributed by atoms with Crippen LogP contribution in [0.2, 0.25) is 0 Å². The summed E-state index contributed by atoms with van der Waals surface area (Å²) in [7, 11) is 0. The molecule has 1 atom stereocenters. The monoisotopic (exact) mass is 324 g/mol. The quantitative estimate of drug-likeness (QED) is 0.867. The lowest BCUT2D eigenvalue weighted by Crippen LogP contribution is -2.07. The molecule has 0 saturated carbocycles. The van der Waals surface area contributed by atoms with E-state index in [4.69, 9.17) is 0 Å². The van der Waals surface area contributed by atoms with Crippen LogP contribution in [0.5, 0.6) is 0 Å². The van der Waals surface area contributed by atoms with Gasteiger partial charge < -0.3 is 5.32 Å². The smallest absolute Gasteiger partial charge is 0.0657 e. The van der Waals surface area contributed by atoms with E-state index in [0.29, 0.717) is 0 Å². The van der Waals surface area contributed by atoms with Crippen molar-refractivity contribution in [3.05, 3.63) is 57.9 Å². The summed E-state index contributed by atoms with van der Waals surface area (Å²) in [6.07, 6.45) is 1.82. The molecule has 1 aromatic heterocycles. The highest BCUT2D eigenvalue weighted by Crippen LogP contribution is 2.18. The second-order valence-corrected chi connectivity index (χ2v) is 4.87. The molecule has 0 amide bonds. The summed E-state index contributed by atoms with van der Waals surface area (Å²) < 4.78 is 1.24. The lowest BCUT2D eigenvalue weighted by Gasteiger charge is -2.14. The summed E-state index contributed by atoms with van der Waals surface area (Å²) in [5.41, 5.74) is 2.18. The molecule has 82 valence electrons. The molecular formula is C13H13IN2. The molecule has 0 bridgehead atoms. The van der Waals surface area contributed by atoms with E-state index in [1.165, 1.54) is 3.57 Å². The SMILES string of the molecule is CC(Nc1ccc(I)cc1)c1ccccn1. The Balaban J connectivity index is 2.08. The van der Waals surface area contributed by atoms with Crippen molar-refractivity contribution in [1.29, 1.82) is 0 Å². The molecule has 2 nitrogen and oxygen atoms in total. The maximum atomic E-state index is 4.33. The molecule has 0 saturated heterocycles. The van der Waals surface area contributed by atoms with Gasteiger partial charge in [0, 0.05) is 15.5 Å². The zero-order valence-electron chi connectivity index (χ0n) is 9.02. The van der Waals surface area contributed by atoms with Crippen LogP contribution >= 0.6 is 22.6 Å². The Labute approximate surface area is 109 Å². The van der Waals surface area contributed by atoms with Crippen LogP contribution in [0.15, 0.2) is 48.7 Å². The summed E-state index contributed by atoms with van der Waals surface area (Å²) in [6.45, 7) is 2.11. The van der Waals surface area contributed by atoms with Crippen molar-refractivity contribution < 1.29 is 0 Å². The Hall–Kier alpha value is -1.10. The number of benzene rings is 1. The third-order valence-electron chi connectivity index (χ3n) is 2.36. The van der Waals surface area contributed by atoms with Crippen molar-refractivity contribution in [1.82, 2.24) is 4.98 Å². The third kappa shape index (κ3) is 2.95. The van der Waals surface area contributed by atoms with Crippen molar-refractivity contribution in [2.45, 2.75) is 13.0 Å². The molecule has 2 rings (SSSR count). The Kier molecular flexibility index (Phi) is 3.77. The summed E-state index contributed by atoms with van der Waals surface area (Å²) in [5.74, 6) is 0. The minimum Gasteiger partial charge on any atom is -0.377 e. The minimum absolute atomic E-state index is 0.223. The molecule has 0 aliphatic carbocycles. The highest BCUT2D eigenvalue weighted by Gasteiger charge is 2.05. The van der Waals surface area contributed by atoms with E-state index >= 15 is 0 Å². The Morgan fingerprint density at radius 2 is 1.88 bits per heavy atom. The van der Waals surface area contributed by atoms with Crippen LogP contribution in [-0.2, 0) is 0 Å². The molecule has 0 aliphatic rings. The number of hydrogen-bond donors (Lipinski definition) is 1. The van der Waals surface area contributed by atoms with Gasteiger partial charge >= 0.3 is 0 Å². The number of pyridine rings is 1. The van der Waals surface area contributed by atoms with Crippen LogP contribution in [0.3, 0.4) is 0 Å². The van der Waals surface area contributed by atoms with E-state index in [9.17, 15) is 0 Å². The first-order valence-corrected chi connectivity index (χ1v) is 6.26. The van der Waals surface area contributed by atoms with Gasteiger partial charge in [-0.2, -0.15) is 0 Å². The number of anilines is 1. The minimum atomic E-state index is 0.223. The van der Waals surface area contributed by atoms with Gasteiger partial charge in [0.2, 0.25) is 0 Å². The average molecular weight is 324 g/mol. The van der Waals surface area contributed by atoms with Gasteiger partial charge in [-0.05, 0) is 65.9 Å². The summed E-state index contributed by atoms with van der Waals surface area (Å²) >= 11 is 2.30. The highest BCUT2D eigenvalue weighted by molar-refractivity contribution is 14.1. The Bertz CT molecular complexity index is 439. The average Bonchev–Trinajstić information content (AvgIpc) is 2.33. The van der Waals surface area contributed by atoms with Gasteiger partial charge in [-0.3, -0.25) is 4.98 Å². The summed E-state index contributed by atoms with van der Waals surface area (Å²) in [4.78, 5) is 4.33. The van der Waals surface area contributed by atoms with E-state index < -0.39 is 0 Å². The number of rotatable bonds is 3. The lowest BCUT2D eigenvalue weighted by atomic mass is 10.2. The van der Waals surface area contributed by atoms with Gasteiger partial charge in [0.25, 0.3) is 0 Å². The van der Waals surface area contributed by atoms with Gasteiger partial charge in [-0.25, -0.2) is 0 Å². The van der Waals surface area contributed by atoms with Crippen LogP contribution < -0.4 is 5.32 Å². The molecule has 0 fully saturated rings. The van der Waals surface area contributed by atoms with Crippen LogP contribution in [0.4, 0.5) is 5.69 Å². The molecule has 0 spiro atoms. The molecule has 1 aromatic carbocycles. The Morgan fingerprint density at radius 1 is 1.12 bits per heavy atom. The largest absolute Gasteiger partial charge is 0.377 e. The van der Waals surface area contributed by atoms with Gasteiger partial charge in [-0.15, -0.1) is 0 Å². The molecule has 16 heavy (non-hydrogen) atoms. The normalized spacial score (nSPS) is 12.1. The molecule has 1 unspecified atom stereocenters. The lowest BCUT2D eigenvalue weighted by molar-refractivity contribution is 0.839. The van der Waals surface area contributed by atoms with E-state index in [0.717, 1.165) is 11.4 Å². The molecule has 3 heteroatoms. The van der Waals surface area contributed by atoms with E-state index in [1.807, 2.05) is 24.4 Å². The fraction of sp³-hybridized carbons (Fsp3) is 0.154. The van der Waals surface area contributed by atoms with E-state index in [1.54, 1.807) is 0 Å². The third-order valence-corrected chi connectivity index (χ3v) is 3.08. The molecule has 0 radical (unpaired) electrons. The zero-order chi connectivity index (χ0) is 11.4. The summed E-state index contributed by atoms with van der Waals surface area (Å²) in [6, 6.07) is 14.5. The first-order chi connectivity index (χ1) is 7.75. The first kappa shape index (κ1) is 11.4. The van der Waals surface area contributed by atoms with E-state index in [2.05, 4.69) is 64.1 Å². The molecule has 1 N–H and O–H groups in total. The highest BCUT2D eigenvalue weighted by atomic mass is 127. The fourth-order valence-electron chi connectivity index (χ4n) is 1.50. The number of nitrogens with zero attached hydrogens (tertiary/aromatic N) is 1. The predicted octanol–water partition coefficient (Wildman–Crippen LogP) is 3.86. The van der Waals surface area contributed by atoms with Crippen LogP contribution in [0.25, 0.3) is 0 Å². The van der Waals surface area contributed by atoms with Crippen molar-refractivity contribution in [2.75, 3.05) is 5.32 Å². The van der Waals surface area contributed by atoms with Crippen LogP contribution in [0.1, 0.15) is 18.7 Å². The molecular weight excluding hydrogens is 311 g/mol. The second kappa shape index (κ2) is 5.30. The molecule has 0 aliphatic heterocycles. The number of nitrogens with one attached hydrogen (secondary N) is 1. The van der Waals surface area contributed by atoms with Gasteiger partial charge in [0.05, 0.1) is 11.7 Å². The second-order valence-electron chi connectivity index (χ2n) is 3.63. The van der Waals surface area contributed by atoms with Crippen molar-refractivity contribution in [3.8, 4) is 0 Å². The summed E-state index contributed by atoms with van der Waals surface area (Å²) in [5, 5.41) is 3.42. The zero-order valence-corrected chi connectivity index (χ0v) is 11.2. The standard InChI is InChI=1S/C13H13IN2/c1-10(13-4-2-3-9-15-13)16-12-7-5-11(14)6-8-12/h2-10,16H,1H3. The van der Waals surface area contributed by atoms with Crippen molar-refractivity contribution in [2.24, 2.45) is 0 Å². The van der Waals surface area contributed by atoms with Gasteiger partial charge in [-0.1, -0.05) is 6.07 Å². The molecule has 1 heterocycles. The predicted molar refractivity (Wildman–Crippen MR) is 75.4 cm³/mol. The maximum absolute atomic E-state index is 4.33. The van der Waals surface area contributed by atoms with Gasteiger partial charge in [0.1, 0.15) is 0 Å². The molecule has 2 aromatic rings. The number of hydrogen-bond acceptors (Lipinski definition) is 2. The Morgan fingerprint density at radius 3 is 2.50 bits per heavy atom. The van der Waals surface area contributed by atoms with E-state index in [-0.39, 0.29) is 6.04 Å².